The third kappa shape index (κ3) is 2.80. The summed E-state index contributed by atoms with van der Waals surface area (Å²) in [6.07, 6.45) is -0.0377. The fourth-order valence-corrected chi connectivity index (χ4v) is 2.17. The molecule has 0 radical (unpaired) electrons. The summed E-state index contributed by atoms with van der Waals surface area (Å²) in [6, 6.07) is 3.15. The second-order valence-corrected chi connectivity index (χ2v) is 4.68. The number of carbonyl (C=O) groups is 2. The summed E-state index contributed by atoms with van der Waals surface area (Å²) in [5, 5.41) is 18.3. The number of ether oxygens (including phenoxy) is 1. The molecule has 1 aromatic heterocycles. The van der Waals surface area contributed by atoms with Crippen molar-refractivity contribution in [3.05, 3.63) is 21.9 Å². The molecule has 6 heteroatoms. The Morgan fingerprint density at radius 2 is 2.12 bits per heavy atom. The van der Waals surface area contributed by atoms with E-state index in [0.29, 0.717) is 9.75 Å². The minimum atomic E-state index is -1.82. The number of thiophene rings is 1. The Kier molecular flexibility index (Phi) is 3.66. The lowest BCUT2D eigenvalue weighted by molar-refractivity contribution is -0.156. The summed E-state index contributed by atoms with van der Waals surface area (Å²) >= 11 is 1.11. The number of hydrogen-bond donors (Lipinski definition) is 2. The Morgan fingerprint density at radius 3 is 2.62 bits per heavy atom. The van der Waals surface area contributed by atoms with Gasteiger partial charge in [-0.2, -0.15) is 0 Å². The predicted octanol–water partition coefficient (Wildman–Crippen LogP) is 0.913. The highest BCUT2D eigenvalue weighted by Crippen LogP contribution is 2.22. The van der Waals surface area contributed by atoms with Crippen LogP contribution in [0, 0.1) is 0 Å². The Balaban J connectivity index is 2.80. The van der Waals surface area contributed by atoms with Crippen molar-refractivity contribution < 1.29 is 24.5 Å². The number of carbonyl (C=O) groups excluding carboxylic acids is 1. The van der Waals surface area contributed by atoms with E-state index in [1.807, 2.05) is 0 Å². The zero-order valence-corrected chi connectivity index (χ0v) is 9.71. The van der Waals surface area contributed by atoms with E-state index in [1.165, 1.54) is 14.0 Å². The van der Waals surface area contributed by atoms with Gasteiger partial charge in [0.05, 0.1) is 7.11 Å². The molecule has 2 N–H and O–H groups in total. The van der Waals surface area contributed by atoms with Crippen LogP contribution in [0.25, 0.3) is 0 Å². The smallest absolute Gasteiger partial charge is 0.348 e. The summed E-state index contributed by atoms with van der Waals surface area (Å²) in [5.74, 6) is -1.76. The van der Waals surface area contributed by atoms with Crippen molar-refractivity contribution in [3.8, 4) is 0 Å². The second kappa shape index (κ2) is 4.63. The summed E-state index contributed by atoms with van der Waals surface area (Å²) in [6.45, 7) is 1.22. The molecule has 0 spiro atoms. The van der Waals surface area contributed by atoms with Crippen molar-refractivity contribution in [2.45, 2.75) is 18.9 Å². The van der Waals surface area contributed by atoms with E-state index in [4.69, 9.17) is 5.11 Å². The highest BCUT2D eigenvalue weighted by Gasteiger charge is 2.30. The van der Waals surface area contributed by atoms with E-state index in [-0.39, 0.29) is 6.42 Å². The third-order valence-corrected chi connectivity index (χ3v) is 3.09. The second-order valence-electron chi connectivity index (χ2n) is 3.51. The molecule has 0 bridgehead atoms. The molecule has 1 aromatic rings. The van der Waals surface area contributed by atoms with Gasteiger partial charge in [0, 0.05) is 11.3 Å². The van der Waals surface area contributed by atoms with Gasteiger partial charge in [-0.3, -0.25) is 0 Å². The molecule has 0 fully saturated rings. The SMILES string of the molecule is COC(=O)c1ccc(CC(C)(O)C(=O)O)s1. The molecule has 0 amide bonds. The van der Waals surface area contributed by atoms with Gasteiger partial charge in [0.25, 0.3) is 0 Å². The van der Waals surface area contributed by atoms with Gasteiger partial charge in [-0.15, -0.1) is 11.3 Å². The molecule has 16 heavy (non-hydrogen) atoms. The van der Waals surface area contributed by atoms with Gasteiger partial charge in [0.15, 0.2) is 5.60 Å². The quantitative estimate of drug-likeness (QED) is 0.769. The minimum absolute atomic E-state index is 0.0377. The van der Waals surface area contributed by atoms with Crippen LogP contribution in [0.3, 0.4) is 0 Å². The lowest BCUT2D eigenvalue weighted by Crippen LogP contribution is -2.36. The van der Waals surface area contributed by atoms with E-state index in [1.54, 1.807) is 12.1 Å². The maximum atomic E-state index is 11.1. The first-order valence-electron chi connectivity index (χ1n) is 4.49. The van der Waals surface area contributed by atoms with Crippen LogP contribution >= 0.6 is 11.3 Å². The van der Waals surface area contributed by atoms with Crippen LogP contribution in [0.1, 0.15) is 21.5 Å². The summed E-state index contributed by atoms with van der Waals surface area (Å²) < 4.78 is 4.52. The Hall–Kier alpha value is -1.40. The van der Waals surface area contributed by atoms with Crippen molar-refractivity contribution in [2.75, 3.05) is 7.11 Å². The number of rotatable bonds is 4. The molecule has 1 atom stereocenters. The summed E-state index contributed by atoms with van der Waals surface area (Å²) in [5.41, 5.74) is -1.82. The highest BCUT2D eigenvalue weighted by molar-refractivity contribution is 7.13. The zero-order valence-electron chi connectivity index (χ0n) is 8.89. The Morgan fingerprint density at radius 1 is 1.50 bits per heavy atom. The molecule has 0 saturated heterocycles. The fraction of sp³-hybridized carbons (Fsp3) is 0.400. The van der Waals surface area contributed by atoms with Crippen LogP contribution in [-0.4, -0.2) is 34.9 Å². The number of aliphatic hydroxyl groups is 1. The van der Waals surface area contributed by atoms with Crippen molar-refractivity contribution >= 4 is 23.3 Å². The van der Waals surface area contributed by atoms with Gasteiger partial charge < -0.3 is 14.9 Å². The molecule has 1 heterocycles. The lowest BCUT2D eigenvalue weighted by Gasteiger charge is -2.16. The standard InChI is InChI=1S/C10H12O5S/c1-10(14,9(12)13)5-6-3-4-7(16-6)8(11)15-2/h3-4,14H,5H2,1-2H3,(H,12,13). The van der Waals surface area contributed by atoms with Gasteiger partial charge in [0.2, 0.25) is 0 Å². The van der Waals surface area contributed by atoms with E-state index in [9.17, 15) is 14.7 Å². The van der Waals surface area contributed by atoms with Gasteiger partial charge in [-0.25, -0.2) is 9.59 Å². The van der Waals surface area contributed by atoms with Crippen LogP contribution in [0.4, 0.5) is 0 Å². The molecular formula is C10H12O5S. The first kappa shape index (κ1) is 12.7. The number of aliphatic carboxylic acids is 1. The zero-order chi connectivity index (χ0) is 12.3. The summed E-state index contributed by atoms with van der Waals surface area (Å²) in [4.78, 5) is 22.8. The molecule has 0 saturated carbocycles. The largest absolute Gasteiger partial charge is 0.479 e. The molecule has 1 unspecified atom stereocenters. The Labute approximate surface area is 96.3 Å². The van der Waals surface area contributed by atoms with Crippen LogP contribution in [-0.2, 0) is 16.0 Å². The average Bonchev–Trinajstić information content (AvgIpc) is 2.64. The van der Waals surface area contributed by atoms with Gasteiger partial charge in [-0.1, -0.05) is 0 Å². The van der Waals surface area contributed by atoms with Crippen molar-refractivity contribution in [1.29, 1.82) is 0 Å². The molecule has 1 rings (SSSR count). The first-order valence-corrected chi connectivity index (χ1v) is 5.31. The van der Waals surface area contributed by atoms with E-state index < -0.39 is 17.5 Å². The Bertz CT molecular complexity index is 407. The van der Waals surface area contributed by atoms with E-state index in [0.717, 1.165) is 11.3 Å². The van der Waals surface area contributed by atoms with Crippen LogP contribution in [0.5, 0.6) is 0 Å². The molecule has 88 valence electrons. The fourth-order valence-electron chi connectivity index (χ4n) is 1.10. The molecule has 0 aliphatic rings. The lowest BCUT2D eigenvalue weighted by atomic mass is 10.0. The van der Waals surface area contributed by atoms with Crippen molar-refractivity contribution in [3.63, 3.8) is 0 Å². The summed E-state index contributed by atoms with van der Waals surface area (Å²) in [7, 11) is 1.27. The molecule has 0 aliphatic carbocycles. The van der Waals surface area contributed by atoms with E-state index in [2.05, 4.69) is 4.74 Å². The number of esters is 1. The van der Waals surface area contributed by atoms with Crippen LogP contribution in [0.15, 0.2) is 12.1 Å². The van der Waals surface area contributed by atoms with Crippen molar-refractivity contribution in [1.82, 2.24) is 0 Å². The molecule has 5 nitrogen and oxygen atoms in total. The maximum absolute atomic E-state index is 11.1. The van der Waals surface area contributed by atoms with Gasteiger partial charge >= 0.3 is 11.9 Å². The van der Waals surface area contributed by atoms with Gasteiger partial charge in [-0.05, 0) is 19.1 Å². The number of hydrogen-bond acceptors (Lipinski definition) is 5. The van der Waals surface area contributed by atoms with Crippen LogP contribution < -0.4 is 0 Å². The molecule has 0 aliphatic heterocycles. The predicted molar refractivity (Wildman–Crippen MR) is 57.6 cm³/mol. The monoisotopic (exact) mass is 244 g/mol. The van der Waals surface area contributed by atoms with Crippen LogP contribution in [0.2, 0.25) is 0 Å². The topological polar surface area (TPSA) is 83.8 Å². The molecular weight excluding hydrogens is 232 g/mol. The number of carboxylic acids is 1. The first-order chi connectivity index (χ1) is 7.36. The average molecular weight is 244 g/mol. The third-order valence-electron chi connectivity index (χ3n) is 2.03. The number of carboxylic acid groups (broad SMARTS) is 1. The van der Waals surface area contributed by atoms with Crippen molar-refractivity contribution in [2.24, 2.45) is 0 Å². The number of methoxy groups -OCH3 is 1. The minimum Gasteiger partial charge on any atom is -0.479 e. The highest BCUT2D eigenvalue weighted by atomic mass is 32.1. The van der Waals surface area contributed by atoms with Gasteiger partial charge in [0.1, 0.15) is 4.88 Å². The van der Waals surface area contributed by atoms with E-state index >= 15 is 0 Å². The molecule has 0 aromatic carbocycles. The maximum Gasteiger partial charge on any atom is 0.348 e. The normalized spacial score (nSPS) is 14.2.